The van der Waals surface area contributed by atoms with E-state index < -0.39 is 0 Å². The second kappa shape index (κ2) is 5.69. The second-order valence-electron chi connectivity index (χ2n) is 4.97. The molecule has 0 atom stereocenters. The van der Waals surface area contributed by atoms with Gasteiger partial charge in [0.2, 0.25) is 0 Å². The summed E-state index contributed by atoms with van der Waals surface area (Å²) in [7, 11) is 0. The third-order valence-electron chi connectivity index (χ3n) is 2.20. The average Bonchev–Trinajstić information content (AvgIpc) is 2.18. The predicted octanol–water partition coefficient (Wildman–Crippen LogP) is 4.01. The molecule has 1 rings (SSSR count). The van der Waals surface area contributed by atoms with Crippen LogP contribution in [0.25, 0.3) is 0 Å². The first-order valence-electron chi connectivity index (χ1n) is 5.63. The average molecular weight is 260 g/mol. The zero-order chi connectivity index (χ0) is 13.1. The van der Waals surface area contributed by atoms with E-state index in [1.54, 1.807) is 13.0 Å². The van der Waals surface area contributed by atoms with Gasteiger partial charge in [0.1, 0.15) is 5.82 Å². The van der Waals surface area contributed by atoms with Crippen LogP contribution < -0.4 is 5.32 Å². The lowest BCUT2D eigenvalue weighted by Gasteiger charge is -2.20. The van der Waals surface area contributed by atoms with Gasteiger partial charge in [0.05, 0.1) is 22.9 Å². The normalized spacial score (nSPS) is 11.6. The SMILES string of the molecule is Cc1cc(NCCOC(C)(C)C)c(Cl)cc1F. The fourth-order valence-corrected chi connectivity index (χ4v) is 1.55. The number of rotatable bonds is 4. The Kier molecular flexibility index (Phi) is 4.78. The number of benzene rings is 1. The molecule has 1 N–H and O–H groups in total. The molecular weight excluding hydrogens is 241 g/mol. The van der Waals surface area contributed by atoms with Crippen LogP contribution >= 0.6 is 11.6 Å². The van der Waals surface area contributed by atoms with Crippen molar-refractivity contribution >= 4 is 17.3 Å². The van der Waals surface area contributed by atoms with Crippen molar-refractivity contribution in [1.82, 2.24) is 0 Å². The van der Waals surface area contributed by atoms with E-state index in [0.717, 1.165) is 5.69 Å². The van der Waals surface area contributed by atoms with E-state index in [2.05, 4.69) is 5.32 Å². The molecule has 1 aromatic rings. The minimum absolute atomic E-state index is 0.149. The Morgan fingerprint density at radius 1 is 1.35 bits per heavy atom. The molecule has 2 nitrogen and oxygen atoms in total. The van der Waals surface area contributed by atoms with Gasteiger partial charge in [-0.3, -0.25) is 0 Å². The highest BCUT2D eigenvalue weighted by Gasteiger charge is 2.09. The van der Waals surface area contributed by atoms with E-state index in [0.29, 0.717) is 23.7 Å². The summed E-state index contributed by atoms with van der Waals surface area (Å²) >= 11 is 5.93. The van der Waals surface area contributed by atoms with Crippen molar-refractivity contribution in [1.29, 1.82) is 0 Å². The van der Waals surface area contributed by atoms with Gasteiger partial charge in [-0.1, -0.05) is 11.6 Å². The van der Waals surface area contributed by atoms with Crippen LogP contribution in [-0.4, -0.2) is 18.8 Å². The van der Waals surface area contributed by atoms with Crippen LogP contribution in [0.4, 0.5) is 10.1 Å². The molecule has 0 saturated carbocycles. The Bertz CT molecular complexity index is 388. The lowest BCUT2D eigenvalue weighted by molar-refractivity contribution is 0.00333. The maximum absolute atomic E-state index is 13.2. The summed E-state index contributed by atoms with van der Waals surface area (Å²) in [5.74, 6) is -0.286. The molecule has 0 spiro atoms. The van der Waals surface area contributed by atoms with Crippen LogP contribution in [-0.2, 0) is 4.74 Å². The Labute approximate surface area is 107 Å². The smallest absolute Gasteiger partial charge is 0.127 e. The lowest BCUT2D eigenvalue weighted by atomic mass is 10.2. The Morgan fingerprint density at radius 3 is 2.59 bits per heavy atom. The van der Waals surface area contributed by atoms with Crippen molar-refractivity contribution in [3.05, 3.63) is 28.5 Å². The van der Waals surface area contributed by atoms with Gasteiger partial charge < -0.3 is 10.1 Å². The molecule has 96 valence electrons. The van der Waals surface area contributed by atoms with Crippen LogP contribution in [0.3, 0.4) is 0 Å². The molecule has 0 bridgehead atoms. The number of hydrogen-bond donors (Lipinski definition) is 1. The Balaban J connectivity index is 2.50. The number of halogens is 2. The monoisotopic (exact) mass is 259 g/mol. The summed E-state index contributed by atoms with van der Waals surface area (Å²) < 4.78 is 18.7. The first-order chi connectivity index (χ1) is 7.79. The van der Waals surface area contributed by atoms with Crippen molar-refractivity contribution in [2.24, 2.45) is 0 Å². The number of anilines is 1. The first kappa shape index (κ1) is 14.3. The highest BCUT2D eigenvalue weighted by molar-refractivity contribution is 6.33. The second-order valence-corrected chi connectivity index (χ2v) is 5.38. The van der Waals surface area contributed by atoms with Crippen molar-refractivity contribution in [3.63, 3.8) is 0 Å². The van der Waals surface area contributed by atoms with Gasteiger partial charge in [-0.15, -0.1) is 0 Å². The summed E-state index contributed by atoms with van der Waals surface area (Å²) in [4.78, 5) is 0. The minimum Gasteiger partial charge on any atom is -0.382 e. The van der Waals surface area contributed by atoms with Crippen LogP contribution in [0.15, 0.2) is 12.1 Å². The Morgan fingerprint density at radius 2 is 2.00 bits per heavy atom. The summed E-state index contributed by atoms with van der Waals surface area (Å²) in [6.07, 6.45) is 0. The van der Waals surface area contributed by atoms with Crippen LogP contribution in [0.1, 0.15) is 26.3 Å². The third kappa shape index (κ3) is 4.92. The summed E-state index contributed by atoms with van der Waals surface area (Å²) in [5, 5.41) is 3.52. The van der Waals surface area contributed by atoms with Crippen molar-refractivity contribution in [3.8, 4) is 0 Å². The van der Waals surface area contributed by atoms with Crippen LogP contribution in [0, 0.1) is 12.7 Å². The van der Waals surface area contributed by atoms with Crippen molar-refractivity contribution in [2.45, 2.75) is 33.3 Å². The molecule has 4 heteroatoms. The van der Waals surface area contributed by atoms with Crippen molar-refractivity contribution < 1.29 is 9.13 Å². The molecule has 0 aliphatic heterocycles. The van der Waals surface area contributed by atoms with E-state index in [4.69, 9.17) is 16.3 Å². The Hall–Kier alpha value is -0.800. The molecule has 0 aliphatic carbocycles. The predicted molar refractivity (Wildman–Crippen MR) is 70.3 cm³/mol. The zero-order valence-corrected chi connectivity index (χ0v) is 11.5. The largest absolute Gasteiger partial charge is 0.382 e. The highest BCUT2D eigenvalue weighted by Crippen LogP contribution is 2.24. The van der Waals surface area contributed by atoms with E-state index >= 15 is 0 Å². The quantitative estimate of drug-likeness (QED) is 0.825. The minimum atomic E-state index is -0.286. The maximum Gasteiger partial charge on any atom is 0.127 e. The standard InChI is InChI=1S/C13H19ClFNO/c1-9-7-12(10(14)8-11(9)15)16-5-6-17-13(2,3)4/h7-8,16H,5-6H2,1-4H3. The number of hydrogen-bond acceptors (Lipinski definition) is 2. The van der Waals surface area contributed by atoms with Gasteiger partial charge in [-0.2, -0.15) is 0 Å². The topological polar surface area (TPSA) is 21.3 Å². The maximum atomic E-state index is 13.2. The first-order valence-corrected chi connectivity index (χ1v) is 6.01. The molecule has 0 fully saturated rings. The van der Waals surface area contributed by atoms with Gasteiger partial charge in [0.15, 0.2) is 0 Å². The molecular formula is C13H19ClFNO. The van der Waals surface area contributed by atoms with E-state index in [1.807, 2.05) is 20.8 Å². The molecule has 0 aromatic heterocycles. The number of aryl methyl sites for hydroxylation is 1. The molecule has 0 aliphatic rings. The molecule has 0 radical (unpaired) electrons. The highest BCUT2D eigenvalue weighted by atomic mass is 35.5. The molecule has 0 saturated heterocycles. The summed E-state index contributed by atoms with van der Waals surface area (Å²) in [6, 6.07) is 3.03. The van der Waals surface area contributed by atoms with Crippen molar-refractivity contribution in [2.75, 3.05) is 18.5 Å². The van der Waals surface area contributed by atoms with E-state index in [1.165, 1.54) is 6.07 Å². The molecule has 0 unspecified atom stereocenters. The molecule has 0 heterocycles. The lowest BCUT2D eigenvalue weighted by Crippen LogP contribution is -2.23. The van der Waals surface area contributed by atoms with Crippen LogP contribution in [0.2, 0.25) is 5.02 Å². The van der Waals surface area contributed by atoms with Gasteiger partial charge in [0, 0.05) is 6.54 Å². The molecule has 17 heavy (non-hydrogen) atoms. The fraction of sp³-hybridized carbons (Fsp3) is 0.538. The number of ether oxygens (including phenoxy) is 1. The number of nitrogens with one attached hydrogen (secondary N) is 1. The van der Waals surface area contributed by atoms with Gasteiger partial charge >= 0.3 is 0 Å². The van der Waals surface area contributed by atoms with Gasteiger partial charge in [0.25, 0.3) is 0 Å². The zero-order valence-electron chi connectivity index (χ0n) is 10.7. The third-order valence-corrected chi connectivity index (χ3v) is 2.51. The van der Waals surface area contributed by atoms with E-state index in [9.17, 15) is 4.39 Å². The van der Waals surface area contributed by atoms with Gasteiger partial charge in [-0.25, -0.2) is 4.39 Å². The molecule has 0 amide bonds. The summed E-state index contributed by atoms with van der Waals surface area (Å²) in [5.41, 5.74) is 1.17. The molecule has 1 aromatic carbocycles. The van der Waals surface area contributed by atoms with Crippen LogP contribution in [0.5, 0.6) is 0 Å². The fourth-order valence-electron chi connectivity index (χ4n) is 1.34. The summed E-state index contributed by atoms with van der Waals surface area (Å²) in [6.45, 7) is 8.94. The van der Waals surface area contributed by atoms with E-state index in [-0.39, 0.29) is 11.4 Å². The van der Waals surface area contributed by atoms with Gasteiger partial charge in [-0.05, 0) is 45.4 Å².